The first kappa shape index (κ1) is 83.6. The minimum atomic E-state index is -1.58. The van der Waals surface area contributed by atoms with Gasteiger partial charge in [0.2, 0.25) is 5.91 Å². The van der Waals surface area contributed by atoms with E-state index in [0.29, 0.717) is 6.42 Å². The molecule has 0 bridgehead atoms. The van der Waals surface area contributed by atoms with Crippen LogP contribution >= 0.6 is 0 Å². The molecule has 9 heteroatoms. The van der Waals surface area contributed by atoms with Crippen LogP contribution in [0, 0.1) is 0 Å². The van der Waals surface area contributed by atoms with Crippen molar-refractivity contribution in [2.75, 3.05) is 13.2 Å². The molecular formula is C80H139NO8. The van der Waals surface area contributed by atoms with Crippen LogP contribution in [0.2, 0.25) is 0 Å². The zero-order chi connectivity index (χ0) is 64.2. The topological polar surface area (TPSA) is 149 Å². The van der Waals surface area contributed by atoms with Gasteiger partial charge in [-0.2, -0.15) is 0 Å². The van der Waals surface area contributed by atoms with Gasteiger partial charge in [0, 0.05) is 6.42 Å². The summed E-state index contributed by atoms with van der Waals surface area (Å²) in [5.41, 5.74) is 0. The number of hydrogen-bond acceptors (Lipinski definition) is 8. The summed E-state index contributed by atoms with van der Waals surface area (Å²) in [4.78, 5) is 13.1. The normalized spacial score (nSPS) is 18.6. The lowest BCUT2D eigenvalue weighted by Crippen LogP contribution is -2.60. The first-order chi connectivity index (χ1) is 43.8. The highest BCUT2D eigenvalue weighted by atomic mass is 16.7. The summed E-state index contributed by atoms with van der Waals surface area (Å²) >= 11 is 0. The predicted molar refractivity (Wildman–Crippen MR) is 382 cm³/mol. The molecule has 1 aliphatic heterocycles. The molecule has 0 aromatic carbocycles. The fraction of sp³-hybridized carbons (Fsp3) is 0.738. The summed E-state index contributed by atoms with van der Waals surface area (Å²) in [6.45, 7) is 3.67. The molecule has 0 aliphatic carbocycles. The Balaban J connectivity index is 2.13. The van der Waals surface area contributed by atoms with Gasteiger partial charge in [0.1, 0.15) is 24.4 Å². The van der Waals surface area contributed by atoms with E-state index in [1.165, 1.54) is 212 Å². The average molecular weight is 1240 g/mol. The smallest absolute Gasteiger partial charge is 0.220 e. The number of carbonyl (C=O) groups excluding carboxylic acids is 1. The van der Waals surface area contributed by atoms with Crippen molar-refractivity contribution >= 4 is 5.91 Å². The number of ether oxygens (including phenoxy) is 2. The molecule has 0 spiro atoms. The Morgan fingerprint density at radius 3 is 1.08 bits per heavy atom. The van der Waals surface area contributed by atoms with E-state index in [1.807, 2.05) is 6.08 Å². The predicted octanol–water partition coefficient (Wildman–Crippen LogP) is 21.0. The van der Waals surface area contributed by atoms with Gasteiger partial charge >= 0.3 is 0 Å². The standard InChI is InChI=1S/C80H139NO8/c1-3-5-7-9-11-13-15-17-19-21-23-25-27-29-31-32-33-34-35-36-37-38-39-40-41-42-44-46-48-50-52-54-56-58-60-62-64-66-68-70-76(84)81-73(72-88-80-79(87)78(86)77(85)75(71-82)89-80)74(83)69-67-65-63-61-59-57-55-53-51-49-47-45-43-30-28-26-24-22-20-18-16-14-12-10-8-6-4-2/h5,7,11,13,17,19,23,25,29,31,33-34,36-37,51,53,59,61,67,69,73-75,77-80,82-83,85-87H,3-4,6,8-10,12,14-16,18,20-22,24,26-28,30,32,35,38-50,52,54-58,60,62-66,68,70-72H2,1-2H3,(H,81,84)/b7-5-,13-11-,19-17-,25-23-,31-29-,34-33-,37-36-,53-51+,61-59+,69-67+. The number of aliphatic hydroxyl groups excluding tert-OH is 5. The van der Waals surface area contributed by atoms with Crippen molar-refractivity contribution in [1.29, 1.82) is 0 Å². The molecule has 1 amide bonds. The number of hydrogen-bond donors (Lipinski definition) is 6. The number of rotatable bonds is 64. The fourth-order valence-corrected chi connectivity index (χ4v) is 11.2. The maximum absolute atomic E-state index is 13.1. The van der Waals surface area contributed by atoms with E-state index in [2.05, 4.69) is 129 Å². The summed E-state index contributed by atoms with van der Waals surface area (Å²) < 4.78 is 11.3. The molecule has 1 saturated heterocycles. The van der Waals surface area contributed by atoms with Crippen molar-refractivity contribution in [3.05, 3.63) is 122 Å². The lowest BCUT2D eigenvalue weighted by molar-refractivity contribution is -0.302. The zero-order valence-electron chi connectivity index (χ0n) is 57.4. The number of aliphatic hydroxyl groups is 5. The number of nitrogens with one attached hydrogen (secondary N) is 1. The summed E-state index contributed by atoms with van der Waals surface area (Å²) in [5, 5.41) is 54.8. The van der Waals surface area contributed by atoms with Gasteiger partial charge in [-0.3, -0.25) is 4.79 Å². The lowest BCUT2D eigenvalue weighted by atomic mass is 9.99. The van der Waals surface area contributed by atoms with E-state index >= 15 is 0 Å². The van der Waals surface area contributed by atoms with Crippen LogP contribution in [0.3, 0.4) is 0 Å². The van der Waals surface area contributed by atoms with Crippen LogP contribution in [0.4, 0.5) is 0 Å². The average Bonchev–Trinajstić information content (AvgIpc) is 2.42. The van der Waals surface area contributed by atoms with Gasteiger partial charge in [-0.25, -0.2) is 0 Å². The summed E-state index contributed by atoms with van der Waals surface area (Å²) in [7, 11) is 0. The second-order valence-electron chi connectivity index (χ2n) is 25.3. The number of allylic oxidation sites excluding steroid dienone is 19. The molecule has 0 aromatic rings. The molecule has 6 N–H and O–H groups in total. The Bertz CT molecular complexity index is 1830. The van der Waals surface area contributed by atoms with Crippen LogP contribution < -0.4 is 5.32 Å². The van der Waals surface area contributed by atoms with Gasteiger partial charge in [0.25, 0.3) is 0 Å². The van der Waals surface area contributed by atoms with E-state index < -0.39 is 49.5 Å². The Morgan fingerprint density at radius 1 is 0.393 bits per heavy atom. The highest BCUT2D eigenvalue weighted by molar-refractivity contribution is 5.76. The van der Waals surface area contributed by atoms with E-state index in [9.17, 15) is 30.3 Å². The molecule has 89 heavy (non-hydrogen) atoms. The second kappa shape index (κ2) is 67.5. The minimum Gasteiger partial charge on any atom is -0.394 e. The van der Waals surface area contributed by atoms with E-state index in [-0.39, 0.29) is 12.5 Å². The molecule has 1 rings (SSSR count). The molecule has 512 valence electrons. The Hall–Kier alpha value is -3.41. The van der Waals surface area contributed by atoms with E-state index in [0.717, 1.165) is 89.9 Å². The second-order valence-corrected chi connectivity index (χ2v) is 25.3. The number of unbranched alkanes of at least 4 members (excludes halogenated alkanes) is 36. The van der Waals surface area contributed by atoms with Gasteiger partial charge < -0.3 is 40.3 Å². The highest BCUT2D eigenvalue weighted by Gasteiger charge is 2.44. The fourth-order valence-electron chi connectivity index (χ4n) is 11.2. The SMILES string of the molecule is CC/C=C\C/C=C\C/C=C\C/C=C\C/C=C\C/C=C\C/C=C\CCCCCCCCCCCCCCCCCCCC(=O)NC(COC1OC(CO)C(O)C(O)C1O)C(O)/C=C/CC/C=C/CC/C=C/CCCCCCCCCCCCCCCCCCC. The Kier molecular flexibility index (Phi) is 63.4. The third-order valence-electron chi connectivity index (χ3n) is 17.0. The van der Waals surface area contributed by atoms with Crippen molar-refractivity contribution in [2.45, 2.75) is 365 Å². The summed E-state index contributed by atoms with van der Waals surface area (Å²) in [5.74, 6) is -0.190. The van der Waals surface area contributed by atoms with Gasteiger partial charge in [0.05, 0.1) is 25.4 Å². The van der Waals surface area contributed by atoms with Crippen molar-refractivity contribution < 1.29 is 39.8 Å². The van der Waals surface area contributed by atoms with Crippen molar-refractivity contribution in [3.63, 3.8) is 0 Å². The molecule has 0 saturated carbocycles. The van der Waals surface area contributed by atoms with Crippen molar-refractivity contribution in [2.24, 2.45) is 0 Å². The third kappa shape index (κ3) is 55.9. The van der Waals surface area contributed by atoms with Gasteiger partial charge in [-0.1, -0.05) is 334 Å². The first-order valence-electron chi connectivity index (χ1n) is 37.3. The Morgan fingerprint density at radius 2 is 0.708 bits per heavy atom. The number of amides is 1. The van der Waals surface area contributed by atoms with Crippen LogP contribution in [-0.2, 0) is 14.3 Å². The van der Waals surface area contributed by atoms with Crippen LogP contribution in [0.25, 0.3) is 0 Å². The van der Waals surface area contributed by atoms with Gasteiger partial charge in [-0.15, -0.1) is 0 Å². The van der Waals surface area contributed by atoms with E-state index in [4.69, 9.17) is 9.47 Å². The highest BCUT2D eigenvalue weighted by Crippen LogP contribution is 2.23. The van der Waals surface area contributed by atoms with Crippen LogP contribution in [0.1, 0.15) is 322 Å². The molecule has 1 aliphatic rings. The van der Waals surface area contributed by atoms with Crippen LogP contribution in [-0.4, -0.2) is 87.5 Å². The van der Waals surface area contributed by atoms with E-state index in [1.54, 1.807) is 6.08 Å². The van der Waals surface area contributed by atoms with Crippen molar-refractivity contribution in [3.8, 4) is 0 Å². The van der Waals surface area contributed by atoms with Gasteiger partial charge in [-0.05, 0) is 103 Å². The summed E-state index contributed by atoms with van der Waals surface area (Å²) in [6.07, 6.45) is 94.6. The van der Waals surface area contributed by atoms with Crippen molar-refractivity contribution in [1.82, 2.24) is 5.32 Å². The molecule has 1 fully saturated rings. The minimum absolute atomic E-state index is 0.190. The molecule has 9 nitrogen and oxygen atoms in total. The number of carbonyl (C=O) groups is 1. The zero-order valence-corrected chi connectivity index (χ0v) is 57.4. The monoisotopic (exact) mass is 1240 g/mol. The quantitative estimate of drug-likeness (QED) is 0.0261. The molecule has 1 heterocycles. The van der Waals surface area contributed by atoms with Gasteiger partial charge in [0.15, 0.2) is 6.29 Å². The molecule has 7 unspecified atom stereocenters. The maximum atomic E-state index is 13.1. The summed E-state index contributed by atoms with van der Waals surface area (Å²) in [6, 6.07) is -0.836. The molecule has 0 aromatic heterocycles. The van der Waals surface area contributed by atoms with Crippen LogP contribution in [0.5, 0.6) is 0 Å². The molecular weight excluding hydrogens is 1100 g/mol. The molecule has 0 radical (unpaired) electrons. The first-order valence-corrected chi connectivity index (χ1v) is 37.3. The lowest BCUT2D eigenvalue weighted by Gasteiger charge is -2.40. The maximum Gasteiger partial charge on any atom is 0.220 e. The Labute approximate surface area is 548 Å². The van der Waals surface area contributed by atoms with Crippen LogP contribution in [0.15, 0.2) is 122 Å². The third-order valence-corrected chi connectivity index (χ3v) is 17.0. The molecule has 7 atom stereocenters. The largest absolute Gasteiger partial charge is 0.394 e.